The number of pyridine rings is 1. The van der Waals surface area contributed by atoms with E-state index in [9.17, 15) is 9.59 Å². The molecule has 2 amide bonds. The number of H-pyrrole nitrogens is 1. The number of hydrogen-bond donors (Lipinski definition) is 3. The van der Waals surface area contributed by atoms with Crippen LogP contribution in [0.3, 0.4) is 0 Å². The molecule has 1 aliphatic rings. The van der Waals surface area contributed by atoms with E-state index in [0.29, 0.717) is 24.6 Å². The van der Waals surface area contributed by atoms with E-state index in [0.717, 1.165) is 41.5 Å². The monoisotopic (exact) mass is 467 g/mol. The lowest BCUT2D eigenvalue weighted by molar-refractivity contribution is -0.134. The molecule has 1 fully saturated rings. The van der Waals surface area contributed by atoms with Gasteiger partial charge in [-0.15, -0.1) is 0 Å². The highest BCUT2D eigenvalue weighted by Gasteiger charge is 2.30. The van der Waals surface area contributed by atoms with Gasteiger partial charge >= 0.3 is 0 Å². The molecule has 3 heterocycles. The van der Waals surface area contributed by atoms with E-state index in [1.165, 1.54) is 0 Å². The summed E-state index contributed by atoms with van der Waals surface area (Å²) in [6.45, 7) is 2.22. The summed E-state index contributed by atoms with van der Waals surface area (Å²) in [6.07, 6.45) is 7.24. The second kappa shape index (κ2) is 10.4. The SMILES string of the molecule is O=C(NC(C(=O)N1CCC(CNc2ccncc2)CC1)c1ccccc1)c1ccc2cc[nH]c2c1. The number of likely N-dealkylation sites (tertiary alicyclic amines) is 1. The van der Waals surface area contributed by atoms with E-state index >= 15 is 0 Å². The van der Waals surface area contributed by atoms with Gasteiger partial charge in [-0.25, -0.2) is 0 Å². The Morgan fingerprint density at radius 1 is 1.00 bits per heavy atom. The predicted molar refractivity (Wildman–Crippen MR) is 137 cm³/mol. The quantitative estimate of drug-likeness (QED) is 0.376. The number of hydrogen-bond acceptors (Lipinski definition) is 4. The van der Waals surface area contributed by atoms with Gasteiger partial charge in [0.05, 0.1) is 0 Å². The topological polar surface area (TPSA) is 90.1 Å². The molecule has 1 atom stereocenters. The molecular weight excluding hydrogens is 438 g/mol. The van der Waals surface area contributed by atoms with Crippen molar-refractivity contribution in [3.8, 4) is 0 Å². The average Bonchev–Trinajstić information content (AvgIpc) is 3.39. The number of amides is 2. The van der Waals surface area contributed by atoms with Crippen LogP contribution in [0.4, 0.5) is 5.69 Å². The van der Waals surface area contributed by atoms with Crippen LogP contribution in [0, 0.1) is 5.92 Å². The minimum atomic E-state index is -0.727. The number of anilines is 1. The maximum Gasteiger partial charge on any atom is 0.252 e. The molecule has 0 aliphatic carbocycles. The van der Waals surface area contributed by atoms with Crippen LogP contribution >= 0.6 is 0 Å². The summed E-state index contributed by atoms with van der Waals surface area (Å²) in [5.74, 6) is 0.163. The summed E-state index contributed by atoms with van der Waals surface area (Å²) < 4.78 is 0. The lowest BCUT2D eigenvalue weighted by atomic mass is 9.95. The largest absolute Gasteiger partial charge is 0.385 e. The number of nitrogens with zero attached hydrogens (tertiary/aromatic N) is 2. The Kier molecular flexibility index (Phi) is 6.75. The molecule has 0 radical (unpaired) electrons. The number of aromatic nitrogens is 2. The summed E-state index contributed by atoms with van der Waals surface area (Å²) in [5.41, 5.74) is 3.26. The van der Waals surface area contributed by atoms with Crippen LogP contribution in [0.25, 0.3) is 10.9 Å². The van der Waals surface area contributed by atoms with Crippen molar-refractivity contribution in [1.82, 2.24) is 20.2 Å². The molecule has 7 heteroatoms. The van der Waals surface area contributed by atoms with Gasteiger partial charge in [0.15, 0.2) is 0 Å². The Morgan fingerprint density at radius 2 is 1.77 bits per heavy atom. The molecule has 5 rings (SSSR count). The number of rotatable bonds is 7. The smallest absolute Gasteiger partial charge is 0.252 e. The van der Waals surface area contributed by atoms with E-state index in [1.54, 1.807) is 18.5 Å². The first kappa shape index (κ1) is 22.7. The van der Waals surface area contributed by atoms with Crippen LogP contribution in [0.2, 0.25) is 0 Å². The fourth-order valence-corrected chi connectivity index (χ4v) is 4.61. The van der Waals surface area contributed by atoms with Gasteiger partial charge in [-0.05, 0) is 60.0 Å². The highest BCUT2D eigenvalue weighted by atomic mass is 16.2. The van der Waals surface area contributed by atoms with Crippen molar-refractivity contribution in [2.45, 2.75) is 18.9 Å². The number of nitrogens with one attached hydrogen (secondary N) is 3. The average molecular weight is 468 g/mol. The van der Waals surface area contributed by atoms with Crippen LogP contribution in [-0.2, 0) is 4.79 Å². The fraction of sp³-hybridized carbons (Fsp3) is 0.250. The highest BCUT2D eigenvalue weighted by molar-refractivity contribution is 6.00. The van der Waals surface area contributed by atoms with E-state index in [-0.39, 0.29) is 11.8 Å². The Balaban J connectivity index is 1.25. The molecule has 0 saturated carbocycles. The molecule has 1 unspecified atom stereocenters. The van der Waals surface area contributed by atoms with Crippen molar-refractivity contribution in [1.29, 1.82) is 0 Å². The van der Waals surface area contributed by atoms with Crippen LogP contribution in [0.5, 0.6) is 0 Å². The van der Waals surface area contributed by atoms with Crippen molar-refractivity contribution in [3.63, 3.8) is 0 Å². The zero-order valence-corrected chi connectivity index (χ0v) is 19.5. The van der Waals surface area contributed by atoms with Gasteiger partial charge < -0.3 is 20.5 Å². The highest BCUT2D eigenvalue weighted by Crippen LogP contribution is 2.23. The molecule has 0 bridgehead atoms. The molecule has 35 heavy (non-hydrogen) atoms. The molecule has 1 aliphatic heterocycles. The second-order valence-corrected chi connectivity index (χ2v) is 8.98. The third kappa shape index (κ3) is 5.35. The molecule has 2 aromatic heterocycles. The zero-order valence-electron chi connectivity index (χ0n) is 19.5. The molecule has 3 N–H and O–H groups in total. The molecule has 4 aromatic rings. The zero-order chi connectivity index (χ0) is 24.0. The minimum Gasteiger partial charge on any atom is -0.385 e. The van der Waals surface area contributed by atoms with Crippen molar-refractivity contribution in [2.75, 3.05) is 25.0 Å². The Morgan fingerprint density at radius 3 is 2.54 bits per heavy atom. The van der Waals surface area contributed by atoms with Gasteiger partial charge in [-0.2, -0.15) is 0 Å². The molecule has 1 saturated heterocycles. The van der Waals surface area contributed by atoms with Gasteiger partial charge in [0.2, 0.25) is 5.91 Å². The van der Waals surface area contributed by atoms with Crippen molar-refractivity contribution in [3.05, 3.63) is 96.4 Å². The standard InChI is InChI=1S/C28H29N5O2/c34-27(23-7-6-21-8-15-30-25(21)18-23)32-26(22-4-2-1-3-5-22)28(35)33-16-11-20(12-17-33)19-31-24-9-13-29-14-10-24/h1-10,13-15,18,20,26,30H,11-12,16-17,19H2,(H,29,31)(H,32,34). The third-order valence-electron chi connectivity index (χ3n) is 6.67. The molecule has 178 valence electrons. The molecular formula is C28H29N5O2. The van der Waals surface area contributed by atoms with Crippen LogP contribution < -0.4 is 10.6 Å². The summed E-state index contributed by atoms with van der Waals surface area (Å²) >= 11 is 0. The van der Waals surface area contributed by atoms with Gasteiger partial charge in [0.25, 0.3) is 5.91 Å². The molecule has 2 aromatic carbocycles. The maximum atomic E-state index is 13.6. The first-order valence-corrected chi connectivity index (χ1v) is 12.0. The number of fused-ring (bicyclic) bond motifs is 1. The van der Waals surface area contributed by atoms with E-state index in [4.69, 9.17) is 0 Å². The Labute approximate surface area is 204 Å². The lowest BCUT2D eigenvalue weighted by Gasteiger charge is -2.34. The lowest BCUT2D eigenvalue weighted by Crippen LogP contribution is -2.46. The fourth-order valence-electron chi connectivity index (χ4n) is 4.61. The molecule has 7 nitrogen and oxygen atoms in total. The minimum absolute atomic E-state index is 0.0638. The van der Waals surface area contributed by atoms with Crippen molar-refractivity contribution >= 4 is 28.4 Å². The molecule has 0 spiro atoms. The number of carbonyl (C=O) groups is 2. The van der Waals surface area contributed by atoms with Crippen molar-refractivity contribution in [2.24, 2.45) is 5.92 Å². The van der Waals surface area contributed by atoms with Gasteiger partial charge in [-0.3, -0.25) is 14.6 Å². The third-order valence-corrected chi connectivity index (χ3v) is 6.67. The van der Waals surface area contributed by atoms with Gasteiger partial charge in [0.1, 0.15) is 6.04 Å². The first-order valence-electron chi connectivity index (χ1n) is 12.0. The van der Waals surface area contributed by atoms with Crippen molar-refractivity contribution < 1.29 is 9.59 Å². The number of aromatic amines is 1. The van der Waals surface area contributed by atoms with Crippen LogP contribution in [0.15, 0.2) is 85.3 Å². The number of carbonyl (C=O) groups excluding carboxylic acids is 2. The van der Waals surface area contributed by atoms with E-state index in [2.05, 4.69) is 20.6 Å². The summed E-state index contributed by atoms with van der Waals surface area (Å²) in [7, 11) is 0. The van der Waals surface area contributed by atoms with Gasteiger partial charge in [0, 0.05) is 55.0 Å². The normalized spacial score (nSPS) is 15.0. The van der Waals surface area contributed by atoms with Crippen LogP contribution in [-0.4, -0.2) is 46.3 Å². The number of piperidine rings is 1. The Bertz CT molecular complexity index is 1280. The summed E-state index contributed by atoms with van der Waals surface area (Å²) in [5, 5.41) is 7.50. The summed E-state index contributed by atoms with van der Waals surface area (Å²) in [6, 6.07) is 20.1. The first-order chi connectivity index (χ1) is 17.2. The predicted octanol–water partition coefficient (Wildman–Crippen LogP) is 4.38. The second-order valence-electron chi connectivity index (χ2n) is 8.98. The van der Waals surface area contributed by atoms with Crippen LogP contribution in [0.1, 0.15) is 34.8 Å². The summed E-state index contributed by atoms with van der Waals surface area (Å²) in [4.78, 5) is 35.8. The Hall–Kier alpha value is -4.13. The van der Waals surface area contributed by atoms with E-state index in [1.807, 2.05) is 71.8 Å². The number of benzene rings is 2. The van der Waals surface area contributed by atoms with E-state index < -0.39 is 6.04 Å². The maximum absolute atomic E-state index is 13.6. The van der Waals surface area contributed by atoms with Gasteiger partial charge in [-0.1, -0.05) is 36.4 Å².